The van der Waals surface area contributed by atoms with Gasteiger partial charge in [0.25, 0.3) is 0 Å². The number of hydrogen-bond donors (Lipinski definition) is 2. The molecule has 1 saturated heterocycles. The van der Waals surface area contributed by atoms with E-state index in [1.807, 2.05) is 0 Å². The van der Waals surface area contributed by atoms with Crippen molar-refractivity contribution >= 4 is 15.0 Å². The summed E-state index contributed by atoms with van der Waals surface area (Å²) in [5, 5.41) is 9.07. The Morgan fingerprint density at radius 2 is 2.31 bits per heavy atom. The summed E-state index contributed by atoms with van der Waals surface area (Å²) in [6.45, 7) is 1.90. The van der Waals surface area contributed by atoms with Crippen molar-refractivity contribution in [2.45, 2.75) is 29.5 Å². The average molecular weight is 289 g/mol. The van der Waals surface area contributed by atoms with Crippen LogP contribution in [0, 0.1) is 6.92 Å². The third-order valence-electron chi connectivity index (χ3n) is 2.74. The maximum absolute atomic E-state index is 11.6. The van der Waals surface area contributed by atoms with E-state index < -0.39 is 0 Å². The van der Waals surface area contributed by atoms with E-state index in [0.29, 0.717) is 10.4 Å². The Bertz CT molecular complexity index is 494. The topological polar surface area (TPSA) is 75.1 Å². The van der Waals surface area contributed by atoms with E-state index in [4.69, 9.17) is 5.11 Å². The van der Waals surface area contributed by atoms with Gasteiger partial charge in [0.1, 0.15) is 0 Å². The normalized spacial score (nSPS) is 24.9. The average Bonchev–Trinajstić information content (AvgIpc) is 2.71. The molecule has 2 rings (SSSR count). The molecule has 16 heavy (non-hydrogen) atoms. The van der Waals surface area contributed by atoms with Crippen LogP contribution in [0.2, 0.25) is 4.82 Å². The number of aromatic amines is 1. The Hall–Kier alpha value is -0.841. The molecule has 0 aromatic carbocycles. The van der Waals surface area contributed by atoms with Crippen molar-refractivity contribution < 1.29 is 5.11 Å². The standard InChI is InChI=1S/C10H14N2O3Se/c1-6-4-12(10(15)11-9(6)14)8-3-2-7(5-13)16-8/h4,7-8,13H,2-3,5H2,1H3,(H,11,14,15)/t7-,8+/m1/s1. The van der Waals surface area contributed by atoms with Gasteiger partial charge in [-0.1, -0.05) is 0 Å². The number of aliphatic hydroxyl groups is 1. The van der Waals surface area contributed by atoms with Crippen LogP contribution in [-0.4, -0.2) is 36.2 Å². The van der Waals surface area contributed by atoms with Crippen molar-refractivity contribution in [1.82, 2.24) is 9.55 Å². The molecule has 2 N–H and O–H groups in total. The number of H-pyrrole nitrogens is 1. The molecule has 0 saturated carbocycles. The predicted molar refractivity (Wildman–Crippen MR) is 60.9 cm³/mol. The zero-order valence-electron chi connectivity index (χ0n) is 8.97. The predicted octanol–water partition coefficient (Wildman–Crippen LogP) is -0.378. The zero-order chi connectivity index (χ0) is 11.7. The van der Waals surface area contributed by atoms with Gasteiger partial charge in [-0.15, -0.1) is 0 Å². The quantitative estimate of drug-likeness (QED) is 0.729. The number of aliphatic hydroxyl groups excluding tert-OH is 1. The third-order valence-corrected chi connectivity index (χ3v) is 5.99. The van der Waals surface area contributed by atoms with Gasteiger partial charge < -0.3 is 0 Å². The van der Waals surface area contributed by atoms with E-state index in [0.717, 1.165) is 12.8 Å². The Kier molecular flexibility index (Phi) is 3.33. The summed E-state index contributed by atoms with van der Waals surface area (Å²) in [7, 11) is 0. The fourth-order valence-corrected chi connectivity index (χ4v) is 4.68. The van der Waals surface area contributed by atoms with Gasteiger partial charge in [-0.05, 0) is 0 Å². The van der Waals surface area contributed by atoms with Crippen LogP contribution in [0.3, 0.4) is 0 Å². The van der Waals surface area contributed by atoms with Crippen LogP contribution in [0.15, 0.2) is 15.8 Å². The van der Waals surface area contributed by atoms with Gasteiger partial charge in [0, 0.05) is 0 Å². The second-order valence-corrected chi connectivity index (χ2v) is 7.06. The second-order valence-electron chi connectivity index (χ2n) is 3.95. The Balaban J connectivity index is 2.32. The van der Waals surface area contributed by atoms with E-state index in [-0.39, 0.29) is 37.8 Å². The van der Waals surface area contributed by atoms with Crippen LogP contribution in [0.5, 0.6) is 0 Å². The van der Waals surface area contributed by atoms with Crippen LogP contribution in [-0.2, 0) is 0 Å². The first-order valence-electron chi connectivity index (χ1n) is 5.20. The number of nitrogens with one attached hydrogen (secondary N) is 1. The summed E-state index contributed by atoms with van der Waals surface area (Å²) in [5.74, 6) is 0. The van der Waals surface area contributed by atoms with E-state index in [1.54, 1.807) is 17.7 Å². The minimum absolute atomic E-state index is 0.174. The van der Waals surface area contributed by atoms with Crippen molar-refractivity contribution in [3.63, 3.8) is 0 Å². The molecule has 0 bridgehead atoms. The van der Waals surface area contributed by atoms with Crippen molar-refractivity contribution in [1.29, 1.82) is 0 Å². The maximum atomic E-state index is 11.6. The molecular weight excluding hydrogens is 275 g/mol. The molecule has 5 nitrogen and oxygen atoms in total. The molecule has 1 fully saturated rings. The molecule has 0 unspecified atom stereocenters. The Morgan fingerprint density at radius 1 is 1.56 bits per heavy atom. The Labute approximate surface area is 98.7 Å². The molecule has 1 aliphatic rings. The van der Waals surface area contributed by atoms with Crippen LogP contribution >= 0.6 is 0 Å². The fraction of sp³-hybridized carbons (Fsp3) is 0.600. The molecule has 0 aliphatic carbocycles. The molecule has 2 heterocycles. The summed E-state index contributed by atoms with van der Waals surface area (Å²) < 4.78 is 1.62. The monoisotopic (exact) mass is 290 g/mol. The first-order valence-corrected chi connectivity index (χ1v) is 7.18. The van der Waals surface area contributed by atoms with Gasteiger partial charge >= 0.3 is 98.3 Å². The molecule has 6 heteroatoms. The van der Waals surface area contributed by atoms with E-state index >= 15 is 0 Å². The van der Waals surface area contributed by atoms with Gasteiger partial charge in [0.2, 0.25) is 0 Å². The minimum atomic E-state index is -0.332. The zero-order valence-corrected chi connectivity index (χ0v) is 10.7. The first-order chi connectivity index (χ1) is 7.61. The summed E-state index contributed by atoms with van der Waals surface area (Å²) >= 11 is 0.225. The number of aryl methyl sites for hydroxylation is 1. The van der Waals surface area contributed by atoms with Crippen molar-refractivity contribution in [2.75, 3.05) is 6.61 Å². The molecular formula is C10H14N2O3Se. The number of rotatable bonds is 2. The molecule has 1 aromatic rings. The molecule has 0 amide bonds. The number of nitrogens with zero attached hydrogens (tertiary/aromatic N) is 1. The number of aromatic nitrogens is 2. The van der Waals surface area contributed by atoms with E-state index in [2.05, 4.69) is 4.98 Å². The van der Waals surface area contributed by atoms with Crippen molar-refractivity contribution in [3.05, 3.63) is 32.6 Å². The second kappa shape index (κ2) is 4.57. The summed E-state index contributed by atoms with van der Waals surface area (Å²) in [6, 6.07) is 0. The van der Waals surface area contributed by atoms with Crippen LogP contribution < -0.4 is 11.2 Å². The van der Waals surface area contributed by atoms with Gasteiger partial charge in [0.05, 0.1) is 0 Å². The fourth-order valence-electron chi connectivity index (χ4n) is 1.83. The summed E-state index contributed by atoms with van der Waals surface area (Å²) in [5.41, 5.74) is -0.0885. The van der Waals surface area contributed by atoms with Crippen molar-refractivity contribution in [2.24, 2.45) is 0 Å². The van der Waals surface area contributed by atoms with Crippen LogP contribution in [0.25, 0.3) is 0 Å². The molecule has 1 aliphatic heterocycles. The van der Waals surface area contributed by atoms with E-state index in [9.17, 15) is 9.59 Å². The molecule has 88 valence electrons. The van der Waals surface area contributed by atoms with Gasteiger partial charge in [0.15, 0.2) is 0 Å². The first kappa shape index (κ1) is 11.6. The summed E-state index contributed by atoms with van der Waals surface area (Å²) in [6.07, 6.45) is 3.51. The van der Waals surface area contributed by atoms with E-state index in [1.165, 1.54) is 0 Å². The molecule has 2 atom stereocenters. The third kappa shape index (κ3) is 2.14. The van der Waals surface area contributed by atoms with Crippen LogP contribution in [0.4, 0.5) is 0 Å². The SMILES string of the molecule is Cc1cn([C@@H]2CC[C@H](CO)[Se]2)c(=O)[nH]c1=O. The Morgan fingerprint density at radius 3 is 2.94 bits per heavy atom. The van der Waals surface area contributed by atoms with Crippen LogP contribution in [0.1, 0.15) is 23.3 Å². The van der Waals surface area contributed by atoms with Gasteiger partial charge in [-0.2, -0.15) is 0 Å². The van der Waals surface area contributed by atoms with Gasteiger partial charge in [-0.25, -0.2) is 0 Å². The van der Waals surface area contributed by atoms with Gasteiger partial charge in [-0.3, -0.25) is 0 Å². The number of hydrogen-bond acceptors (Lipinski definition) is 3. The molecule has 1 aromatic heterocycles. The summed E-state index contributed by atoms with van der Waals surface area (Å²) in [4.78, 5) is 25.7. The molecule has 0 radical (unpaired) electrons. The molecule has 0 spiro atoms. The van der Waals surface area contributed by atoms with Crippen molar-refractivity contribution in [3.8, 4) is 0 Å².